The number of methoxy groups -OCH3 is 1. The average Bonchev–Trinajstić information content (AvgIpc) is 2.31. The molecule has 0 saturated carbocycles. The van der Waals surface area contributed by atoms with Crippen LogP contribution in [0.5, 0.6) is 0 Å². The zero-order valence-electron chi connectivity index (χ0n) is 10.0. The zero-order valence-corrected chi connectivity index (χ0v) is 10.0. The van der Waals surface area contributed by atoms with Gasteiger partial charge in [0, 0.05) is 7.11 Å². The number of Topliss-reactive ketones (excluding diaryl/α,β-unsaturated/α-hetero) is 1. The van der Waals surface area contributed by atoms with E-state index >= 15 is 0 Å². The predicted octanol–water partition coefficient (Wildman–Crippen LogP) is 1.90. The van der Waals surface area contributed by atoms with Crippen molar-refractivity contribution in [3.63, 3.8) is 0 Å². The average molecular weight is 236 g/mol. The van der Waals surface area contributed by atoms with E-state index in [1.807, 2.05) is 18.2 Å². The molecular formula is C13H16O4. The monoisotopic (exact) mass is 236 g/mol. The van der Waals surface area contributed by atoms with Gasteiger partial charge in [0.05, 0.1) is 6.61 Å². The summed E-state index contributed by atoms with van der Waals surface area (Å²) in [6.45, 7) is 1.97. The third-order valence-corrected chi connectivity index (χ3v) is 2.25. The molecule has 0 aliphatic rings. The maximum Gasteiger partial charge on any atom is 0.313 e. The summed E-state index contributed by atoms with van der Waals surface area (Å²) in [7, 11) is 1.45. The van der Waals surface area contributed by atoms with Crippen LogP contribution in [0.25, 0.3) is 0 Å². The molecule has 92 valence electrons. The largest absolute Gasteiger partial charge is 0.466 e. The Balaban J connectivity index is 2.68. The smallest absolute Gasteiger partial charge is 0.313 e. The number of rotatable bonds is 6. The highest BCUT2D eigenvalue weighted by molar-refractivity contribution is 5.98. The second kappa shape index (κ2) is 6.81. The lowest BCUT2D eigenvalue weighted by atomic mass is 10.0. The molecule has 0 spiro atoms. The molecule has 0 aliphatic carbocycles. The summed E-state index contributed by atoms with van der Waals surface area (Å²) in [6.07, 6.45) is -0.970. The van der Waals surface area contributed by atoms with E-state index < -0.39 is 12.1 Å². The highest BCUT2D eigenvalue weighted by Crippen LogP contribution is 2.18. The van der Waals surface area contributed by atoms with Gasteiger partial charge in [-0.15, -0.1) is 0 Å². The summed E-state index contributed by atoms with van der Waals surface area (Å²) in [5.41, 5.74) is 0.740. The molecule has 0 aromatic heterocycles. The highest BCUT2D eigenvalue weighted by atomic mass is 16.5. The van der Waals surface area contributed by atoms with Gasteiger partial charge in [0.25, 0.3) is 0 Å². The van der Waals surface area contributed by atoms with E-state index in [2.05, 4.69) is 0 Å². The lowest BCUT2D eigenvalue weighted by Gasteiger charge is -2.13. The molecule has 0 unspecified atom stereocenters. The van der Waals surface area contributed by atoms with Crippen LogP contribution in [0.1, 0.15) is 25.0 Å². The molecule has 4 heteroatoms. The molecule has 0 aliphatic heterocycles. The van der Waals surface area contributed by atoms with Gasteiger partial charge in [0.2, 0.25) is 0 Å². The molecule has 1 aromatic rings. The molecule has 1 aromatic carbocycles. The molecular weight excluding hydrogens is 220 g/mol. The van der Waals surface area contributed by atoms with Crippen molar-refractivity contribution in [1.82, 2.24) is 0 Å². The van der Waals surface area contributed by atoms with Gasteiger partial charge < -0.3 is 9.47 Å². The van der Waals surface area contributed by atoms with Gasteiger partial charge >= 0.3 is 5.97 Å². The molecule has 1 atom stereocenters. The third kappa shape index (κ3) is 4.00. The quantitative estimate of drug-likeness (QED) is 0.559. The van der Waals surface area contributed by atoms with Crippen molar-refractivity contribution in [1.29, 1.82) is 0 Å². The van der Waals surface area contributed by atoms with Crippen LogP contribution in [-0.2, 0) is 19.1 Å². The first-order valence-electron chi connectivity index (χ1n) is 5.45. The Morgan fingerprint density at radius 3 is 2.41 bits per heavy atom. The maximum atomic E-state index is 11.8. The number of hydrogen-bond donors (Lipinski definition) is 0. The summed E-state index contributed by atoms with van der Waals surface area (Å²) >= 11 is 0. The Kier molecular flexibility index (Phi) is 5.36. The Bertz CT molecular complexity index is 372. The van der Waals surface area contributed by atoms with Gasteiger partial charge in [0.15, 0.2) is 5.78 Å². The second-order valence-electron chi connectivity index (χ2n) is 3.47. The summed E-state index contributed by atoms with van der Waals surface area (Å²) in [6, 6.07) is 9.07. The molecule has 1 rings (SSSR count). The van der Waals surface area contributed by atoms with Crippen molar-refractivity contribution >= 4 is 11.8 Å². The van der Waals surface area contributed by atoms with Gasteiger partial charge in [-0.1, -0.05) is 30.3 Å². The van der Waals surface area contributed by atoms with E-state index in [1.165, 1.54) is 7.11 Å². The lowest BCUT2D eigenvalue weighted by Crippen LogP contribution is -2.19. The minimum absolute atomic E-state index is 0.263. The fraction of sp³-hybridized carbons (Fsp3) is 0.385. The fourth-order valence-electron chi connectivity index (χ4n) is 1.53. The standard InChI is InChI=1S/C13H16O4/c1-3-17-12(15)9-11(14)13(16-2)10-7-5-4-6-8-10/h4-8,13H,3,9H2,1-2H3/t13-/m0/s1. The van der Waals surface area contributed by atoms with Crippen LogP contribution in [0.15, 0.2) is 30.3 Å². The number of benzene rings is 1. The van der Waals surface area contributed by atoms with Crippen LogP contribution >= 0.6 is 0 Å². The topological polar surface area (TPSA) is 52.6 Å². The molecule has 0 saturated heterocycles. The summed E-state index contributed by atoms with van der Waals surface area (Å²) < 4.78 is 9.85. The van der Waals surface area contributed by atoms with E-state index in [0.29, 0.717) is 0 Å². The number of ketones is 1. The summed E-state index contributed by atoms with van der Waals surface area (Å²) in [5, 5.41) is 0. The van der Waals surface area contributed by atoms with Crippen molar-refractivity contribution in [3.05, 3.63) is 35.9 Å². The third-order valence-electron chi connectivity index (χ3n) is 2.25. The maximum absolute atomic E-state index is 11.8. The molecule has 0 amide bonds. The van der Waals surface area contributed by atoms with Gasteiger partial charge in [-0.05, 0) is 12.5 Å². The normalized spacial score (nSPS) is 11.9. The van der Waals surface area contributed by atoms with E-state index in [-0.39, 0.29) is 18.8 Å². The molecule has 0 radical (unpaired) electrons. The van der Waals surface area contributed by atoms with Crippen LogP contribution in [0.4, 0.5) is 0 Å². The number of hydrogen-bond acceptors (Lipinski definition) is 4. The van der Waals surface area contributed by atoms with Crippen molar-refractivity contribution in [2.75, 3.05) is 13.7 Å². The van der Waals surface area contributed by atoms with Crippen molar-refractivity contribution in [2.24, 2.45) is 0 Å². The summed E-state index contributed by atoms with van der Waals surface area (Å²) in [5.74, 6) is -0.812. The van der Waals surface area contributed by atoms with Crippen LogP contribution in [0.2, 0.25) is 0 Å². The van der Waals surface area contributed by atoms with Gasteiger partial charge in [-0.3, -0.25) is 9.59 Å². The van der Waals surface area contributed by atoms with E-state index in [9.17, 15) is 9.59 Å². The van der Waals surface area contributed by atoms with Crippen LogP contribution < -0.4 is 0 Å². The van der Waals surface area contributed by atoms with E-state index in [0.717, 1.165) is 5.56 Å². The molecule has 0 fully saturated rings. The fourth-order valence-corrected chi connectivity index (χ4v) is 1.53. The van der Waals surface area contributed by atoms with Crippen LogP contribution in [-0.4, -0.2) is 25.5 Å². The van der Waals surface area contributed by atoms with Gasteiger partial charge in [-0.2, -0.15) is 0 Å². The predicted molar refractivity (Wildman–Crippen MR) is 62.4 cm³/mol. The number of ether oxygens (including phenoxy) is 2. The van der Waals surface area contributed by atoms with Crippen molar-refractivity contribution in [2.45, 2.75) is 19.4 Å². The molecule has 0 bridgehead atoms. The van der Waals surface area contributed by atoms with Crippen molar-refractivity contribution in [3.8, 4) is 0 Å². The zero-order chi connectivity index (χ0) is 12.7. The van der Waals surface area contributed by atoms with Crippen LogP contribution in [0, 0.1) is 0 Å². The Morgan fingerprint density at radius 2 is 1.88 bits per heavy atom. The second-order valence-corrected chi connectivity index (χ2v) is 3.47. The molecule has 0 N–H and O–H groups in total. The number of esters is 1. The lowest BCUT2D eigenvalue weighted by molar-refractivity contribution is -0.147. The molecule has 0 heterocycles. The van der Waals surface area contributed by atoms with Crippen molar-refractivity contribution < 1.29 is 19.1 Å². The first-order valence-corrected chi connectivity index (χ1v) is 5.45. The Labute approximate surface area is 101 Å². The van der Waals surface area contributed by atoms with E-state index in [1.54, 1.807) is 19.1 Å². The SMILES string of the molecule is CCOC(=O)CC(=O)[C@@H](OC)c1ccccc1. The summed E-state index contributed by atoms with van der Waals surface area (Å²) in [4.78, 5) is 23.0. The highest BCUT2D eigenvalue weighted by Gasteiger charge is 2.22. The molecule has 4 nitrogen and oxygen atoms in total. The minimum atomic E-state index is -0.708. The van der Waals surface area contributed by atoms with E-state index in [4.69, 9.17) is 9.47 Å². The minimum Gasteiger partial charge on any atom is -0.466 e. The number of carbonyl (C=O) groups excluding carboxylic acids is 2. The number of carbonyl (C=O) groups is 2. The first-order chi connectivity index (χ1) is 8.19. The van der Waals surface area contributed by atoms with Gasteiger partial charge in [-0.25, -0.2) is 0 Å². The van der Waals surface area contributed by atoms with Gasteiger partial charge in [0.1, 0.15) is 12.5 Å². The van der Waals surface area contributed by atoms with Crippen LogP contribution in [0.3, 0.4) is 0 Å². The Hall–Kier alpha value is -1.68. The molecule has 17 heavy (non-hydrogen) atoms. The first kappa shape index (κ1) is 13.4. The Morgan fingerprint density at radius 1 is 1.24 bits per heavy atom.